The van der Waals surface area contributed by atoms with Crippen molar-refractivity contribution < 1.29 is 13.9 Å². The summed E-state index contributed by atoms with van der Waals surface area (Å²) in [5.74, 6) is 0.734. The lowest BCUT2D eigenvalue weighted by molar-refractivity contribution is 0.0977. The number of fused-ring (bicyclic) bond motifs is 1. The number of ether oxygens (including phenoxy) is 1. The average Bonchev–Trinajstić information content (AvgIpc) is 3.17. The summed E-state index contributed by atoms with van der Waals surface area (Å²) in [7, 11) is 1.56. The van der Waals surface area contributed by atoms with E-state index in [2.05, 4.69) is 38.2 Å². The van der Waals surface area contributed by atoms with Gasteiger partial charge in [-0.3, -0.25) is 10.1 Å². The fourth-order valence-electron chi connectivity index (χ4n) is 2.90. The van der Waals surface area contributed by atoms with Crippen molar-refractivity contribution in [1.29, 1.82) is 0 Å². The van der Waals surface area contributed by atoms with E-state index < -0.39 is 0 Å². The van der Waals surface area contributed by atoms with Gasteiger partial charge in [-0.25, -0.2) is 4.98 Å². The molecule has 31 heavy (non-hydrogen) atoms. The van der Waals surface area contributed by atoms with Crippen LogP contribution in [-0.2, 0) is 0 Å². The smallest absolute Gasteiger partial charge is 0.257 e. The van der Waals surface area contributed by atoms with Crippen LogP contribution in [0.1, 0.15) is 10.4 Å². The first-order valence-corrected chi connectivity index (χ1v) is 10.9. The van der Waals surface area contributed by atoms with Crippen LogP contribution in [0.4, 0.5) is 5.69 Å². The fourth-order valence-corrected chi connectivity index (χ4v) is 3.91. The van der Waals surface area contributed by atoms with Gasteiger partial charge >= 0.3 is 0 Å². The number of amides is 1. The molecule has 156 valence electrons. The summed E-state index contributed by atoms with van der Waals surface area (Å²) in [6.45, 7) is 0. The van der Waals surface area contributed by atoms with Gasteiger partial charge in [0.05, 0.1) is 12.1 Å². The Morgan fingerprint density at radius 1 is 1.16 bits per heavy atom. The molecule has 0 aliphatic heterocycles. The molecule has 0 spiro atoms. The van der Waals surface area contributed by atoms with E-state index in [1.807, 2.05) is 18.2 Å². The molecule has 0 unspecified atom stereocenters. The molecule has 1 amide bonds. The number of carbonyl (C=O) groups is 1. The second kappa shape index (κ2) is 9.21. The first kappa shape index (κ1) is 21.5. The van der Waals surface area contributed by atoms with Crippen molar-refractivity contribution in [2.45, 2.75) is 0 Å². The lowest BCUT2D eigenvalue weighted by Gasteiger charge is -2.09. The molecule has 0 saturated heterocycles. The number of hydrogen-bond donors (Lipinski definition) is 2. The van der Waals surface area contributed by atoms with Gasteiger partial charge in [-0.1, -0.05) is 17.7 Å². The first-order chi connectivity index (χ1) is 14.9. The van der Waals surface area contributed by atoms with Crippen LogP contribution >= 0.6 is 46.4 Å². The number of hydrogen-bond acceptors (Lipinski definition) is 5. The molecule has 0 bridgehead atoms. The number of aromatic nitrogens is 1. The number of anilines is 1. The molecule has 9 heteroatoms. The van der Waals surface area contributed by atoms with Crippen molar-refractivity contribution in [3.63, 3.8) is 0 Å². The lowest BCUT2D eigenvalue weighted by Crippen LogP contribution is -2.34. The third-order valence-corrected chi connectivity index (χ3v) is 5.53. The van der Waals surface area contributed by atoms with Crippen LogP contribution in [0, 0.1) is 3.57 Å². The zero-order chi connectivity index (χ0) is 22.0. The molecular formula is C22H15ClIN3O3S. The van der Waals surface area contributed by atoms with Gasteiger partial charge < -0.3 is 14.5 Å². The summed E-state index contributed by atoms with van der Waals surface area (Å²) in [6, 6.07) is 17.9. The minimum atomic E-state index is -0.280. The van der Waals surface area contributed by atoms with E-state index in [-0.39, 0.29) is 11.0 Å². The summed E-state index contributed by atoms with van der Waals surface area (Å²) < 4.78 is 12.0. The molecule has 0 fully saturated rings. The molecule has 4 aromatic rings. The number of rotatable bonds is 4. The summed E-state index contributed by atoms with van der Waals surface area (Å²) in [4.78, 5) is 16.9. The van der Waals surface area contributed by atoms with Crippen LogP contribution in [0.2, 0.25) is 5.02 Å². The van der Waals surface area contributed by atoms with E-state index in [0.29, 0.717) is 39.0 Å². The minimum absolute atomic E-state index is 0.189. The number of carbonyl (C=O) groups excluding carboxylic acids is 1. The monoisotopic (exact) mass is 563 g/mol. The Hall–Kier alpha value is -2.69. The van der Waals surface area contributed by atoms with Crippen LogP contribution in [0.15, 0.2) is 65.1 Å². The second-order valence-electron chi connectivity index (χ2n) is 6.47. The van der Waals surface area contributed by atoms with Crippen molar-refractivity contribution in [2.75, 3.05) is 12.4 Å². The maximum absolute atomic E-state index is 12.4. The van der Waals surface area contributed by atoms with Gasteiger partial charge in [-0.2, -0.15) is 0 Å². The molecule has 3 aromatic carbocycles. The van der Waals surface area contributed by atoms with E-state index in [1.165, 1.54) is 0 Å². The van der Waals surface area contributed by atoms with Crippen molar-refractivity contribution in [1.82, 2.24) is 10.3 Å². The quantitative estimate of drug-likeness (QED) is 0.238. The van der Waals surface area contributed by atoms with Crippen molar-refractivity contribution >= 4 is 74.2 Å². The highest BCUT2D eigenvalue weighted by molar-refractivity contribution is 14.1. The van der Waals surface area contributed by atoms with Crippen LogP contribution < -0.4 is 15.4 Å². The molecule has 1 heterocycles. The van der Waals surface area contributed by atoms with Gasteiger partial charge in [0, 0.05) is 20.4 Å². The minimum Gasteiger partial charge on any atom is -0.495 e. The number of oxazole rings is 1. The highest BCUT2D eigenvalue weighted by atomic mass is 127. The molecule has 6 nitrogen and oxygen atoms in total. The second-order valence-corrected chi connectivity index (χ2v) is 8.53. The number of nitrogens with zero attached hydrogens (tertiary/aromatic N) is 1. The standard InChI is InChI=1S/C22H15ClIN3O3S/c1-29-18-7-5-13(10-16(18)23)21-26-17-11-15(6-8-19(17)30-21)25-22(31)27-20(28)12-3-2-4-14(24)9-12/h2-11H,1H3,(H2,25,27,28,31). The average molecular weight is 564 g/mol. The zero-order valence-corrected chi connectivity index (χ0v) is 19.8. The molecule has 0 atom stereocenters. The third kappa shape index (κ3) is 4.97. The molecule has 4 rings (SSSR count). The summed E-state index contributed by atoms with van der Waals surface area (Å²) in [5, 5.41) is 6.34. The van der Waals surface area contributed by atoms with Crippen molar-refractivity contribution in [2.24, 2.45) is 0 Å². The maximum Gasteiger partial charge on any atom is 0.257 e. The van der Waals surface area contributed by atoms with Crippen LogP contribution in [-0.4, -0.2) is 23.1 Å². The van der Waals surface area contributed by atoms with E-state index >= 15 is 0 Å². The maximum atomic E-state index is 12.4. The Bertz CT molecular complexity index is 1310. The molecule has 1 aromatic heterocycles. The number of thiocarbonyl (C=S) groups is 1. The van der Waals surface area contributed by atoms with Gasteiger partial charge in [-0.05, 0) is 89.4 Å². The van der Waals surface area contributed by atoms with E-state index in [4.69, 9.17) is 33.0 Å². The first-order valence-electron chi connectivity index (χ1n) is 9.05. The highest BCUT2D eigenvalue weighted by Gasteiger charge is 2.13. The van der Waals surface area contributed by atoms with Crippen LogP contribution in [0.25, 0.3) is 22.6 Å². The molecule has 0 aliphatic rings. The normalized spacial score (nSPS) is 10.7. The molecule has 0 saturated carbocycles. The van der Waals surface area contributed by atoms with Gasteiger partial charge in [-0.15, -0.1) is 0 Å². The van der Waals surface area contributed by atoms with E-state index in [1.54, 1.807) is 49.6 Å². The Morgan fingerprint density at radius 3 is 2.74 bits per heavy atom. The number of methoxy groups -OCH3 is 1. The van der Waals surface area contributed by atoms with Gasteiger partial charge in [0.1, 0.15) is 11.3 Å². The zero-order valence-electron chi connectivity index (χ0n) is 16.1. The highest BCUT2D eigenvalue weighted by Crippen LogP contribution is 2.32. The van der Waals surface area contributed by atoms with Crippen LogP contribution in [0.5, 0.6) is 5.75 Å². The largest absolute Gasteiger partial charge is 0.495 e. The summed E-state index contributed by atoms with van der Waals surface area (Å²) in [6.07, 6.45) is 0. The van der Waals surface area contributed by atoms with Gasteiger partial charge in [0.2, 0.25) is 5.89 Å². The van der Waals surface area contributed by atoms with Crippen molar-refractivity contribution in [3.8, 4) is 17.2 Å². The van der Waals surface area contributed by atoms with Gasteiger partial charge in [0.25, 0.3) is 5.91 Å². The molecular weight excluding hydrogens is 549 g/mol. The third-order valence-electron chi connectivity index (χ3n) is 4.36. The summed E-state index contributed by atoms with van der Waals surface area (Å²) >= 11 is 13.6. The Balaban J connectivity index is 1.49. The SMILES string of the molecule is COc1ccc(-c2nc3cc(NC(=S)NC(=O)c4cccc(I)c4)ccc3o2)cc1Cl. The molecule has 2 N–H and O–H groups in total. The number of nitrogens with one attached hydrogen (secondary N) is 2. The van der Waals surface area contributed by atoms with Crippen molar-refractivity contribution in [3.05, 3.63) is 74.8 Å². The van der Waals surface area contributed by atoms with Crippen LogP contribution in [0.3, 0.4) is 0 Å². The Morgan fingerprint density at radius 2 is 2.00 bits per heavy atom. The Kier molecular flexibility index (Phi) is 6.40. The number of benzene rings is 3. The fraction of sp³-hybridized carbons (Fsp3) is 0.0455. The predicted molar refractivity (Wildman–Crippen MR) is 134 cm³/mol. The Labute approximate surface area is 202 Å². The predicted octanol–water partition coefficient (Wildman–Crippen LogP) is 5.89. The summed E-state index contributed by atoms with van der Waals surface area (Å²) in [5.41, 5.74) is 3.19. The number of halogens is 2. The molecule has 0 radical (unpaired) electrons. The van der Waals surface area contributed by atoms with E-state index in [0.717, 1.165) is 9.13 Å². The lowest BCUT2D eigenvalue weighted by atomic mass is 10.2. The molecule has 0 aliphatic carbocycles. The van der Waals surface area contributed by atoms with Gasteiger partial charge in [0.15, 0.2) is 10.7 Å². The topological polar surface area (TPSA) is 76.4 Å². The van der Waals surface area contributed by atoms with E-state index in [9.17, 15) is 4.79 Å².